The maximum Gasteiger partial charge on any atom is 0.349 e. The monoisotopic (exact) mass is 388 g/mol. The molecule has 0 bridgehead atoms. The van der Waals surface area contributed by atoms with Crippen molar-refractivity contribution in [3.05, 3.63) is 79.0 Å². The van der Waals surface area contributed by atoms with Crippen LogP contribution in [-0.4, -0.2) is 9.55 Å². The van der Waals surface area contributed by atoms with Crippen molar-refractivity contribution in [2.24, 2.45) is 0 Å². The van der Waals surface area contributed by atoms with Gasteiger partial charge in [0.15, 0.2) is 0 Å². The SMILES string of the molecule is O=c1nc(SCc2cccc(Cl)c2)c2c(n1Cc1cccs1)CCC2. The number of nitrogens with zero attached hydrogens (tertiary/aromatic N) is 2. The van der Waals surface area contributed by atoms with Gasteiger partial charge in [0.05, 0.1) is 6.54 Å². The highest BCUT2D eigenvalue weighted by Crippen LogP contribution is 2.31. The number of fused-ring (bicyclic) bond motifs is 1. The summed E-state index contributed by atoms with van der Waals surface area (Å²) < 4.78 is 1.86. The zero-order chi connectivity index (χ0) is 17.2. The van der Waals surface area contributed by atoms with Crippen molar-refractivity contribution in [3.8, 4) is 0 Å². The van der Waals surface area contributed by atoms with E-state index in [-0.39, 0.29) is 5.69 Å². The minimum absolute atomic E-state index is 0.136. The molecule has 4 rings (SSSR count). The molecule has 0 atom stereocenters. The number of rotatable bonds is 5. The van der Waals surface area contributed by atoms with E-state index in [0.29, 0.717) is 6.54 Å². The molecule has 0 aliphatic heterocycles. The molecule has 1 aromatic carbocycles. The van der Waals surface area contributed by atoms with Crippen LogP contribution in [0.4, 0.5) is 0 Å². The van der Waals surface area contributed by atoms with Crippen LogP contribution in [-0.2, 0) is 25.1 Å². The van der Waals surface area contributed by atoms with Crippen LogP contribution in [0.2, 0.25) is 5.02 Å². The van der Waals surface area contributed by atoms with Crippen LogP contribution in [0.25, 0.3) is 0 Å². The predicted molar refractivity (Wildman–Crippen MR) is 105 cm³/mol. The van der Waals surface area contributed by atoms with Crippen molar-refractivity contribution < 1.29 is 0 Å². The first-order valence-electron chi connectivity index (χ1n) is 8.23. The van der Waals surface area contributed by atoms with Gasteiger partial charge in [-0.25, -0.2) is 4.79 Å². The van der Waals surface area contributed by atoms with Crippen LogP contribution in [0, 0.1) is 0 Å². The Labute approximate surface area is 159 Å². The number of aromatic nitrogens is 2. The van der Waals surface area contributed by atoms with Crippen molar-refractivity contribution in [1.82, 2.24) is 9.55 Å². The van der Waals surface area contributed by atoms with Gasteiger partial charge in [-0.3, -0.25) is 4.57 Å². The summed E-state index contributed by atoms with van der Waals surface area (Å²) >= 11 is 9.37. The first-order valence-corrected chi connectivity index (χ1v) is 10.5. The summed E-state index contributed by atoms with van der Waals surface area (Å²) in [5, 5.41) is 3.67. The van der Waals surface area contributed by atoms with Crippen LogP contribution in [0.3, 0.4) is 0 Å². The first kappa shape index (κ1) is 16.9. The van der Waals surface area contributed by atoms with E-state index in [9.17, 15) is 4.79 Å². The van der Waals surface area contributed by atoms with E-state index in [4.69, 9.17) is 11.6 Å². The molecule has 2 aromatic heterocycles. The molecule has 3 aromatic rings. The molecule has 0 radical (unpaired) electrons. The molecule has 128 valence electrons. The van der Waals surface area contributed by atoms with E-state index >= 15 is 0 Å². The van der Waals surface area contributed by atoms with Gasteiger partial charge in [-0.2, -0.15) is 4.98 Å². The Morgan fingerprint density at radius 1 is 1.24 bits per heavy atom. The fraction of sp³-hybridized carbons (Fsp3) is 0.263. The Bertz CT molecular complexity index is 951. The molecule has 3 nitrogen and oxygen atoms in total. The zero-order valence-corrected chi connectivity index (χ0v) is 16.0. The lowest BCUT2D eigenvalue weighted by Gasteiger charge is -2.13. The molecule has 1 aliphatic carbocycles. The third kappa shape index (κ3) is 3.68. The van der Waals surface area contributed by atoms with Gasteiger partial charge in [0.2, 0.25) is 0 Å². The minimum atomic E-state index is -0.136. The zero-order valence-electron chi connectivity index (χ0n) is 13.6. The molecule has 2 heterocycles. The van der Waals surface area contributed by atoms with Gasteiger partial charge in [-0.15, -0.1) is 23.1 Å². The number of hydrogen-bond donors (Lipinski definition) is 0. The summed E-state index contributed by atoms with van der Waals surface area (Å²) in [7, 11) is 0. The van der Waals surface area contributed by atoms with E-state index in [0.717, 1.165) is 40.6 Å². The maximum atomic E-state index is 12.6. The van der Waals surface area contributed by atoms with Crippen molar-refractivity contribution in [2.75, 3.05) is 0 Å². The van der Waals surface area contributed by atoms with Crippen LogP contribution >= 0.6 is 34.7 Å². The first-order chi connectivity index (χ1) is 12.2. The van der Waals surface area contributed by atoms with E-state index in [2.05, 4.69) is 17.1 Å². The molecular formula is C19H17ClN2OS2. The Morgan fingerprint density at radius 2 is 2.16 bits per heavy atom. The quantitative estimate of drug-likeness (QED) is 0.465. The molecule has 25 heavy (non-hydrogen) atoms. The second-order valence-electron chi connectivity index (χ2n) is 6.06. The average Bonchev–Trinajstić information content (AvgIpc) is 3.27. The summed E-state index contributed by atoms with van der Waals surface area (Å²) in [6.07, 6.45) is 3.06. The Balaban J connectivity index is 1.62. The van der Waals surface area contributed by atoms with Gasteiger partial charge < -0.3 is 0 Å². The summed E-state index contributed by atoms with van der Waals surface area (Å²) in [4.78, 5) is 18.2. The minimum Gasteiger partial charge on any atom is -0.291 e. The molecule has 0 spiro atoms. The third-order valence-electron chi connectivity index (χ3n) is 4.36. The Hall–Kier alpha value is -1.56. The van der Waals surface area contributed by atoms with E-state index < -0.39 is 0 Å². The number of thiophene rings is 1. The highest BCUT2D eigenvalue weighted by molar-refractivity contribution is 7.98. The molecule has 0 amide bonds. The van der Waals surface area contributed by atoms with Crippen LogP contribution < -0.4 is 5.69 Å². The molecular weight excluding hydrogens is 372 g/mol. The molecule has 0 N–H and O–H groups in total. The van der Waals surface area contributed by atoms with Gasteiger partial charge in [-0.05, 0) is 48.4 Å². The summed E-state index contributed by atoms with van der Waals surface area (Å²) in [5.74, 6) is 0.772. The lowest BCUT2D eigenvalue weighted by Crippen LogP contribution is -2.27. The normalized spacial score (nSPS) is 13.2. The lowest BCUT2D eigenvalue weighted by molar-refractivity contribution is 0.673. The number of halogens is 1. The van der Waals surface area contributed by atoms with Gasteiger partial charge in [0.1, 0.15) is 5.03 Å². The van der Waals surface area contributed by atoms with Crippen molar-refractivity contribution in [2.45, 2.75) is 36.6 Å². The topological polar surface area (TPSA) is 34.9 Å². The molecule has 0 saturated carbocycles. The maximum absolute atomic E-state index is 12.6. The smallest absolute Gasteiger partial charge is 0.291 e. The number of benzene rings is 1. The van der Waals surface area contributed by atoms with Gasteiger partial charge in [-0.1, -0.05) is 29.8 Å². The molecule has 0 fully saturated rings. The van der Waals surface area contributed by atoms with Crippen LogP contribution in [0.15, 0.2) is 51.6 Å². The van der Waals surface area contributed by atoms with Gasteiger partial charge in [0.25, 0.3) is 0 Å². The lowest BCUT2D eigenvalue weighted by atomic mass is 10.2. The molecule has 0 unspecified atom stereocenters. The van der Waals surface area contributed by atoms with Gasteiger partial charge >= 0.3 is 5.69 Å². The summed E-state index contributed by atoms with van der Waals surface area (Å²) in [5.41, 5.74) is 3.43. The fourth-order valence-corrected chi connectivity index (χ4v) is 5.13. The number of thioether (sulfide) groups is 1. The van der Waals surface area contributed by atoms with Crippen molar-refractivity contribution >= 4 is 34.7 Å². The van der Waals surface area contributed by atoms with E-state index in [1.807, 2.05) is 34.2 Å². The molecule has 0 saturated heterocycles. The molecule has 1 aliphatic rings. The third-order valence-corrected chi connectivity index (χ3v) is 6.54. The average molecular weight is 389 g/mol. The summed E-state index contributed by atoms with van der Waals surface area (Å²) in [6.45, 7) is 0.630. The Kier molecular flexibility index (Phi) is 4.97. The fourth-order valence-electron chi connectivity index (χ4n) is 3.21. The Morgan fingerprint density at radius 3 is 2.96 bits per heavy atom. The van der Waals surface area contributed by atoms with E-state index in [1.165, 1.54) is 16.1 Å². The van der Waals surface area contributed by atoms with E-state index in [1.54, 1.807) is 23.1 Å². The summed E-state index contributed by atoms with van der Waals surface area (Å²) in [6, 6.07) is 11.9. The van der Waals surface area contributed by atoms with Gasteiger partial charge in [0, 0.05) is 26.9 Å². The van der Waals surface area contributed by atoms with Crippen LogP contribution in [0.5, 0.6) is 0 Å². The second-order valence-corrected chi connectivity index (χ2v) is 8.50. The highest BCUT2D eigenvalue weighted by Gasteiger charge is 2.22. The predicted octanol–water partition coefficient (Wildman–Crippen LogP) is 4.79. The largest absolute Gasteiger partial charge is 0.349 e. The van der Waals surface area contributed by atoms with Crippen LogP contribution in [0.1, 0.15) is 28.1 Å². The highest BCUT2D eigenvalue weighted by atomic mass is 35.5. The number of hydrogen-bond acceptors (Lipinski definition) is 4. The second kappa shape index (κ2) is 7.36. The molecule has 6 heteroatoms. The van der Waals surface area contributed by atoms with Crippen molar-refractivity contribution in [1.29, 1.82) is 0 Å². The standard InChI is InChI=1S/C19H17ClN2OS2/c20-14-5-1-4-13(10-14)12-25-18-16-7-2-8-17(16)22(19(23)21-18)11-15-6-3-9-24-15/h1,3-6,9-10H,2,7-8,11-12H2. The van der Waals surface area contributed by atoms with Crippen molar-refractivity contribution in [3.63, 3.8) is 0 Å².